The van der Waals surface area contributed by atoms with Crippen LogP contribution in [0.5, 0.6) is 0 Å². The third-order valence-electron chi connectivity index (χ3n) is 3.37. The molecule has 5 heteroatoms. The molecule has 0 aromatic heterocycles. The Morgan fingerprint density at radius 2 is 1.72 bits per heavy atom. The summed E-state index contributed by atoms with van der Waals surface area (Å²) >= 11 is 12.1. The maximum absolute atomic E-state index is 11.8. The first-order chi connectivity index (χ1) is 12.1. The minimum Gasteiger partial charge on any atom is -0.403 e. The number of aliphatic imine (C=N–C) groups is 1. The van der Waals surface area contributed by atoms with Gasteiger partial charge >= 0.3 is 5.97 Å². The van der Waals surface area contributed by atoms with Crippen molar-refractivity contribution in [2.45, 2.75) is 0 Å². The molecule has 1 aliphatic rings. The van der Waals surface area contributed by atoms with Crippen LogP contribution < -0.4 is 0 Å². The van der Waals surface area contributed by atoms with Crippen LogP contribution in [0.1, 0.15) is 11.1 Å². The summed E-state index contributed by atoms with van der Waals surface area (Å²) in [5.74, 6) is -0.282. The van der Waals surface area contributed by atoms with Crippen molar-refractivity contribution in [3.63, 3.8) is 0 Å². The SMILES string of the molecule is O=C1OC(/C=C/c2cccc(Cl)c2Cl)=NC/1=C\C=C\c1ccccc1. The van der Waals surface area contributed by atoms with Crippen molar-refractivity contribution in [2.75, 3.05) is 0 Å². The average Bonchev–Trinajstić information content (AvgIpc) is 2.97. The molecule has 1 aliphatic heterocycles. The Balaban J connectivity index is 1.74. The van der Waals surface area contributed by atoms with E-state index >= 15 is 0 Å². The Morgan fingerprint density at radius 1 is 0.920 bits per heavy atom. The molecule has 0 saturated carbocycles. The van der Waals surface area contributed by atoms with Crippen LogP contribution in [0.4, 0.5) is 0 Å². The van der Waals surface area contributed by atoms with E-state index in [1.165, 1.54) is 0 Å². The molecule has 0 bridgehead atoms. The van der Waals surface area contributed by atoms with Crippen molar-refractivity contribution in [1.82, 2.24) is 0 Å². The van der Waals surface area contributed by atoms with Gasteiger partial charge in [-0.05, 0) is 29.3 Å². The maximum Gasteiger partial charge on any atom is 0.363 e. The molecule has 0 N–H and O–H groups in total. The number of halogens is 2. The lowest BCUT2D eigenvalue weighted by Crippen LogP contribution is -2.00. The van der Waals surface area contributed by atoms with Gasteiger partial charge in [-0.3, -0.25) is 0 Å². The predicted octanol–water partition coefficient (Wildman–Crippen LogP) is 5.56. The lowest BCUT2D eigenvalue weighted by molar-refractivity contribution is -0.129. The van der Waals surface area contributed by atoms with Crippen molar-refractivity contribution in [3.8, 4) is 0 Å². The van der Waals surface area contributed by atoms with Crippen LogP contribution in [0.3, 0.4) is 0 Å². The number of hydrogen-bond acceptors (Lipinski definition) is 3. The Bertz CT molecular complexity index is 913. The number of carbonyl (C=O) groups is 1. The fraction of sp³-hybridized carbons (Fsp3) is 0. The first kappa shape index (κ1) is 17.2. The molecule has 2 aromatic carbocycles. The van der Waals surface area contributed by atoms with Crippen molar-refractivity contribution in [1.29, 1.82) is 0 Å². The topological polar surface area (TPSA) is 38.7 Å². The van der Waals surface area contributed by atoms with E-state index in [2.05, 4.69) is 4.99 Å². The fourth-order valence-electron chi connectivity index (χ4n) is 2.14. The zero-order valence-corrected chi connectivity index (χ0v) is 14.5. The molecule has 0 saturated heterocycles. The summed E-state index contributed by atoms with van der Waals surface area (Å²) in [5, 5.41) is 0.896. The number of allylic oxidation sites excluding steroid dienone is 2. The average molecular weight is 370 g/mol. The molecule has 25 heavy (non-hydrogen) atoms. The van der Waals surface area contributed by atoms with Crippen LogP contribution in [0.2, 0.25) is 10.0 Å². The summed E-state index contributed by atoms with van der Waals surface area (Å²) in [6.45, 7) is 0. The fourth-order valence-corrected chi connectivity index (χ4v) is 2.51. The van der Waals surface area contributed by atoms with E-state index in [4.69, 9.17) is 27.9 Å². The molecule has 124 valence electrons. The molecule has 0 radical (unpaired) electrons. The molecule has 0 aliphatic carbocycles. The van der Waals surface area contributed by atoms with Crippen LogP contribution >= 0.6 is 23.2 Å². The third-order valence-corrected chi connectivity index (χ3v) is 4.20. The minimum absolute atomic E-state index is 0.209. The van der Waals surface area contributed by atoms with Crippen LogP contribution in [0.15, 0.2) is 77.4 Å². The standard InChI is InChI=1S/C20H13Cl2NO2/c21-16-10-5-9-15(19(16)22)12-13-18-23-17(20(24)25-18)11-4-8-14-6-2-1-3-7-14/h1-13H/b8-4+,13-12+,17-11-. The van der Waals surface area contributed by atoms with Gasteiger partial charge in [0.25, 0.3) is 0 Å². The van der Waals surface area contributed by atoms with Crippen LogP contribution in [-0.2, 0) is 9.53 Å². The van der Waals surface area contributed by atoms with Gasteiger partial charge in [-0.1, -0.05) is 77.8 Å². The van der Waals surface area contributed by atoms with Gasteiger partial charge in [0, 0.05) is 6.08 Å². The van der Waals surface area contributed by atoms with Crippen molar-refractivity contribution >= 4 is 47.2 Å². The number of hydrogen-bond donors (Lipinski definition) is 0. The summed E-state index contributed by atoms with van der Waals surface area (Å²) in [6, 6.07) is 15.1. The Labute approximate surface area is 155 Å². The van der Waals surface area contributed by atoms with Gasteiger partial charge in [-0.25, -0.2) is 9.79 Å². The number of cyclic esters (lactones) is 1. The number of rotatable bonds is 4. The number of nitrogens with zero attached hydrogens (tertiary/aromatic N) is 1. The maximum atomic E-state index is 11.8. The number of ether oxygens (including phenoxy) is 1. The number of carbonyl (C=O) groups excluding carboxylic acids is 1. The van der Waals surface area contributed by atoms with Crippen molar-refractivity contribution in [3.05, 3.63) is 93.6 Å². The van der Waals surface area contributed by atoms with E-state index in [0.29, 0.717) is 15.6 Å². The Kier molecular flexibility index (Phi) is 5.49. The number of esters is 1. The molecular weight excluding hydrogens is 357 g/mol. The van der Waals surface area contributed by atoms with Crippen LogP contribution in [0.25, 0.3) is 12.2 Å². The summed E-state index contributed by atoms with van der Waals surface area (Å²) in [7, 11) is 0. The summed E-state index contributed by atoms with van der Waals surface area (Å²) in [4.78, 5) is 16.0. The summed E-state index contributed by atoms with van der Waals surface area (Å²) in [6.07, 6.45) is 8.54. The minimum atomic E-state index is -0.491. The second kappa shape index (κ2) is 7.97. The highest BCUT2D eigenvalue weighted by Crippen LogP contribution is 2.26. The molecule has 3 nitrogen and oxygen atoms in total. The summed E-state index contributed by atoms with van der Waals surface area (Å²) < 4.78 is 5.11. The largest absolute Gasteiger partial charge is 0.403 e. The predicted molar refractivity (Wildman–Crippen MR) is 103 cm³/mol. The zero-order valence-electron chi connectivity index (χ0n) is 13.0. The third kappa shape index (κ3) is 4.47. The monoisotopic (exact) mass is 369 g/mol. The van der Waals surface area contributed by atoms with E-state index in [9.17, 15) is 4.79 Å². The zero-order chi connectivity index (χ0) is 17.6. The van der Waals surface area contributed by atoms with E-state index in [0.717, 1.165) is 5.56 Å². The van der Waals surface area contributed by atoms with Gasteiger partial charge in [0.2, 0.25) is 5.90 Å². The van der Waals surface area contributed by atoms with Gasteiger partial charge in [-0.2, -0.15) is 0 Å². The smallest absolute Gasteiger partial charge is 0.363 e. The molecule has 0 spiro atoms. The van der Waals surface area contributed by atoms with Crippen molar-refractivity contribution < 1.29 is 9.53 Å². The van der Waals surface area contributed by atoms with Crippen LogP contribution in [-0.4, -0.2) is 11.9 Å². The van der Waals surface area contributed by atoms with Crippen LogP contribution in [0, 0.1) is 0 Å². The van der Waals surface area contributed by atoms with E-state index in [1.807, 2.05) is 36.4 Å². The van der Waals surface area contributed by atoms with Gasteiger partial charge in [0.1, 0.15) is 0 Å². The lowest BCUT2D eigenvalue weighted by atomic mass is 10.2. The van der Waals surface area contributed by atoms with E-state index in [-0.39, 0.29) is 11.6 Å². The molecular formula is C20H13Cl2NO2. The van der Waals surface area contributed by atoms with Gasteiger partial charge in [0.05, 0.1) is 10.0 Å². The highest BCUT2D eigenvalue weighted by atomic mass is 35.5. The highest BCUT2D eigenvalue weighted by molar-refractivity contribution is 6.42. The quantitative estimate of drug-likeness (QED) is 0.522. The number of benzene rings is 2. The molecule has 0 unspecified atom stereocenters. The van der Waals surface area contributed by atoms with Gasteiger partial charge in [-0.15, -0.1) is 0 Å². The molecule has 0 atom stereocenters. The first-order valence-corrected chi connectivity index (χ1v) is 8.25. The Hall–Kier alpha value is -2.62. The molecule has 3 rings (SSSR count). The van der Waals surface area contributed by atoms with E-state index in [1.54, 1.807) is 42.5 Å². The second-order valence-electron chi connectivity index (χ2n) is 5.14. The molecule has 1 heterocycles. The molecule has 2 aromatic rings. The van der Waals surface area contributed by atoms with E-state index < -0.39 is 5.97 Å². The lowest BCUT2D eigenvalue weighted by Gasteiger charge is -1.99. The molecule has 0 amide bonds. The molecule has 0 fully saturated rings. The first-order valence-electron chi connectivity index (χ1n) is 7.50. The summed E-state index contributed by atoms with van der Waals surface area (Å²) in [5.41, 5.74) is 1.99. The van der Waals surface area contributed by atoms with Gasteiger partial charge in [0.15, 0.2) is 5.70 Å². The normalized spacial score (nSPS) is 16.0. The second-order valence-corrected chi connectivity index (χ2v) is 5.92. The van der Waals surface area contributed by atoms with Gasteiger partial charge < -0.3 is 4.74 Å². The highest BCUT2D eigenvalue weighted by Gasteiger charge is 2.20. The Morgan fingerprint density at radius 3 is 2.52 bits per heavy atom. The van der Waals surface area contributed by atoms with Crippen molar-refractivity contribution in [2.24, 2.45) is 4.99 Å².